The zero-order chi connectivity index (χ0) is 14.5. The van der Waals surface area contributed by atoms with E-state index in [4.69, 9.17) is 5.11 Å². The summed E-state index contributed by atoms with van der Waals surface area (Å²) in [6.45, 7) is -0.351. The highest BCUT2D eigenvalue weighted by atomic mass is 32.2. The lowest BCUT2D eigenvalue weighted by molar-refractivity contribution is -0.136. The molecule has 7 nitrogen and oxygen atoms in total. The molecule has 3 N–H and O–H groups in total. The average Bonchev–Trinajstić information content (AvgIpc) is 2.36. The molecule has 0 bridgehead atoms. The van der Waals surface area contributed by atoms with E-state index in [9.17, 15) is 18.0 Å². The molecular formula is C11H14N2O5S. The smallest absolute Gasteiger partial charge is 0.307 e. The van der Waals surface area contributed by atoms with Crippen molar-refractivity contribution < 1.29 is 23.1 Å². The lowest BCUT2D eigenvalue weighted by atomic mass is 10.2. The number of hydrogen-bond acceptors (Lipinski definition) is 4. The molecule has 0 saturated carbocycles. The van der Waals surface area contributed by atoms with Crippen LogP contribution in [0, 0.1) is 0 Å². The van der Waals surface area contributed by atoms with Crippen LogP contribution in [-0.2, 0) is 26.0 Å². The van der Waals surface area contributed by atoms with Gasteiger partial charge in [0, 0.05) is 7.05 Å². The molecule has 1 aromatic rings. The molecule has 0 heterocycles. The highest BCUT2D eigenvalue weighted by Gasteiger charge is 2.15. The fraction of sp³-hybridized carbons (Fsp3) is 0.273. The minimum absolute atomic E-state index is 0.0226. The third-order valence-electron chi connectivity index (χ3n) is 2.29. The summed E-state index contributed by atoms with van der Waals surface area (Å²) in [5.74, 6) is -1.44. The van der Waals surface area contributed by atoms with Crippen LogP contribution >= 0.6 is 0 Å². The van der Waals surface area contributed by atoms with Crippen molar-refractivity contribution in [1.82, 2.24) is 10.0 Å². The van der Waals surface area contributed by atoms with Gasteiger partial charge >= 0.3 is 5.97 Å². The van der Waals surface area contributed by atoms with Crippen molar-refractivity contribution in [3.8, 4) is 0 Å². The van der Waals surface area contributed by atoms with Crippen molar-refractivity contribution in [3.63, 3.8) is 0 Å². The summed E-state index contributed by atoms with van der Waals surface area (Å²) in [5.41, 5.74) is 0.498. The van der Waals surface area contributed by atoms with E-state index in [0.29, 0.717) is 5.56 Å². The number of likely N-dealkylation sites (N-methyl/N-ethyl adjacent to an activating group) is 1. The first kappa shape index (κ1) is 15.1. The Morgan fingerprint density at radius 3 is 2.26 bits per heavy atom. The van der Waals surface area contributed by atoms with Crippen LogP contribution in [0.4, 0.5) is 0 Å². The van der Waals surface area contributed by atoms with E-state index in [1.54, 1.807) is 0 Å². The first-order chi connectivity index (χ1) is 8.85. The molecule has 19 heavy (non-hydrogen) atoms. The monoisotopic (exact) mass is 286 g/mol. The maximum atomic E-state index is 11.8. The molecule has 0 spiro atoms. The van der Waals surface area contributed by atoms with Crippen LogP contribution in [0.15, 0.2) is 29.2 Å². The van der Waals surface area contributed by atoms with E-state index in [1.165, 1.54) is 31.3 Å². The van der Waals surface area contributed by atoms with Gasteiger partial charge in [0.15, 0.2) is 0 Å². The number of benzene rings is 1. The van der Waals surface area contributed by atoms with Gasteiger partial charge in [0.1, 0.15) is 0 Å². The van der Waals surface area contributed by atoms with Gasteiger partial charge in [0.25, 0.3) is 0 Å². The fourth-order valence-electron chi connectivity index (χ4n) is 1.29. The second-order valence-corrected chi connectivity index (χ2v) is 5.48. The van der Waals surface area contributed by atoms with Crippen LogP contribution in [0.5, 0.6) is 0 Å². The molecule has 0 aliphatic rings. The van der Waals surface area contributed by atoms with Crippen LogP contribution in [-0.4, -0.2) is 39.0 Å². The van der Waals surface area contributed by atoms with Crippen LogP contribution in [0.1, 0.15) is 5.56 Å². The fourth-order valence-corrected chi connectivity index (χ4v) is 2.28. The lowest BCUT2D eigenvalue weighted by Gasteiger charge is -2.06. The Labute approximate surface area is 110 Å². The lowest BCUT2D eigenvalue weighted by Crippen LogP contribution is -2.35. The molecule has 104 valence electrons. The summed E-state index contributed by atoms with van der Waals surface area (Å²) in [4.78, 5) is 21.4. The number of carbonyl (C=O) groups excluding carboxylic acids is 1. The summed E-state index contributed by atoms with van der Waals surface area (Å²) in [7, 11) is -2.37. The van der Waals surface area contributed by atoms with Crippen molar-refractivity contribution in [3.05, 3.63) is 29.8 Å². The maximum absolute atomic E-state index is 11.8. The van der Waals surface area contributed by atoms with Crippen molar-refractivity contribution in [2.45, 2.75) is 11.3 Å². The first-order valence-corrected chi connectivity index (χ1v) is 6.84. The third kappa shape index (κ3) is 4.68. The number of hydrogen-bond donors (Lipinski definition) is 3. The van der Waals surface area contributed by atoms with E-state index in [-0.39, 0.29) is 17.9 Å². The van der Waals surface area contributed by atoms with Gasteiger partial charge in [-0.05, 0) is 17.7 Å². The molecule has 1 amide bonds. The van der Waals surface area contributed by atoms with E-state index in [1.807, 2.05) is 0 Å². The third-order valence-corrected chi connectivity index (χ3v) is 3.71. The Kier molecular flexibility index (Phi) is 5.02. The predicted octanol–water partition coefficient (Wildman–Crippen LogP) is -0.662. The summed E-state index contributed by atoms with van der Waals surface area (Å²) in [5, 5.41) is 10.9. The van der Waals surface area contributed by atoms with Gasteiger partial charge in [-0.15, -0.1) is 0 Å². The number of carboxylic acids is 1. The van der Waals surface area contributed by atoms with E-state index in [0.717, 1.165) is 0 Å². The molecule has 0 atom stereocenters. The Morgan fingerprint density at radius 1 is 1.21 bits per heavy atom. The van der Waals surface area contributed by atoms with Gasteiger partial charge in [-0.1, -0.05) is 12.1 Å². The van der Waals surface area contributed by atoms with Crippen LogP contribution in [0.3, 0.4) is 0 Å². The topological polar surface area (TPSA) is 113 Å². The highest BCUT2D eigenvalue weighted by Crippen LogP contribution is 2.10. The largest absolute Gasteiger partial charge is 0.481 e. The number of sulfonamides is 1. The van der Waals surface area contributed by atoms with Gasteiger partial charge in [-0.25, -0.2) is 13.1 Å². The second-order valence-electron chi connectivity index (χ2n) is 3.71. The predicted molar refractivity (Wildman–Crippen MR) is 67.0 cm³/mol. The van der Waals surface area contributed by atoms with Gasteiger partial charge in [-0.2, -0.15) is 0 Å². The summed E-state index contributed by atoms with van der Waals surface area (Å²) < 4.78 is 25.7. The number of aliphatic carboxylic acids is 1. The summed E-state index contributed by atoms with van der Waals surface area (Å²) in [6, 6.07) is 5.43. The van der Waals surface area contributed by atoms with Crippen LogP contribution in [0.25, 0.3) is 0 Å². The molecule has 0 saturated heterocycles. The van der Waals surface area contributed by atoms with Gasteiger partial charge in [0.05, 0.1) is 17.9 Å². The molecule has 0 unspecified atom stereocenters. The molecule has 0 aliphatic carbocycles. The van der Waals surface area contributed by atoms with Gasteiger partial charge < -0.3 is 10.4 Å². The first-order valence-electron chi connectivity index (χ1n) is 5.36. The minimum atomic E-state index is -3.77. The Hall–Kier alpha value is -1.93. The summed E-state index contributed by atoms with van der Waals surface area (Å²) in [6.07, 6.45) is -0.175. The molecule has 0 radical (unpaired) electrons. The number of nitrogens with one attached hydrogen (secondary N) is 2. The quantitative estimate of drug-likeness (QED) is 0.642. The van der Waals surface area contributed by atoms with E-state index in [2.05, 4.69) is 10.0 Å². The molecule has 0 fully saturated rings. The normalized spacial score (nSPS) is 11.0. The molecule has 0 aliphatic heterocycles. The van der Waals surface area contributed by atoms with Crippen molar-refractivity contribution in [1.29, 1.82) is 0 Å². The zero-order valence-corrected chi connectivity index (χ0v) is 11.0. The van der Waals surface area contributed by atoms with Crippen LogP contribution < -0.4 is 10.0 Å². The SMILES string of the molecule is CNC(=O)CNS(=O)(=O)c1ccc(CC(=O)O)cc1. The molecule has 0 aromatic heterocycles. The van der Waals surface area contributed by atoms with E-state index >= 15 is 0 Å². The number of amides is 1. The number of rotatable bonds is 6. The zero-order valence-electron chi connectivity index (χ0n) is 10.2. The number of carbonyl (C=O) groups is 2. The molecule has 1 aromatic carbocycles. The Bertz CT molecular complexity index is 565. The van der Waals surface area contributed by atoms with Crippen molar-refractivity contribution in [2.24, 2.45) is 0 Å². The average molecular weight is 286 g/mol. The summed E-state index contributed by atoms with van der Waals surface area (Å²) >= 11 is 0. The molecule has 8 heteroatoms. The minimum Gasteiger partial charge on any atom is -0.481 e. The maximum Gasteiger partial charge on any atom is 0.307 e. The Balaban J connectivity index is 2.79. The Morgan fingerprint density at radius 2 is 1.79 bits per heavy atom. The van der Waals surface area contributed by atoms with Crippen molar-refractivity contribution in [2.75, 3.05) is 13.6 Å². The van der Waals surface area contributed by atoms with Crippen molar-refractivity contribution >= 4 is 21.9 Å². The van der Waals surface area contributed by atoms with E-state index < -0.39 is 21.9 Å². The second kappa shape index (κ2) is 6.30. The van der Waals surface area contributed by atoms with Gasteiger partial charge in [-0.3, -0.25) is 9.59 Å². The molecular weight excluding hydrogens is 272 g/mol. The van der Waals surface area contributed by atoms with Gasteiger partial charge in [0.2, 0.25) is 15.9 Å². The number of carboxylic acid groups (broad SMARTS) is 1. The highest BCUT2D eigenvalue weighted by molar-refractivity contribution is 7.89. The molecule has 1 rings (SSSR count). The standard InChI is InChI=1S/C11H14N2O5S/c1-12-10(14)7-13-19(17,18)9-4-2-8(3-5-9)6-11(15)16/h2-5,13H,6-7H2,1H3,(H,12,14)(H,15,16). The van der Waals surface area contributed by atoms with Crippen LogP contribution in [0.2, 0.25) is 0 Å².